The zero-order valence-corrected chi connectivity index (χ0v) is 17.7. The van der Waals surface area contributed by atoms with Gasteiger partial charge >= 0.3 is 0 Å². The van der Waals surface area contributed by atoms with E-state index < -0.39 is 0 Å². The number of amides is 1. The van der Waals surface area contributed by atoms with Crippen LogP contribution in [0.2, 0.25) is 0 Å². The van der Waals surface area contributed by atoms with Gasteiger partial charge in [-0.3, -0.25) is 9.59 Å². The summed E-state index contributed by atoms with van der Waals surface area (Å²) < 4.78 is 5.62. The van der Waals surface area contributed by atoms with Crippen molar-refractivity contribution in [1.82, 2.24) is 25.4 Å². The maximum atomic E-state index is 12.4. The third-order valence-corrected chi connectivity index (χ3v) is 5.13. The number of benzene rings is 1. The summed E-state index contributed by atoms with van der Waals surface area (Å²) in [5.74, 6) is 1.04. The average Bonchev–Trinajstić information content (AvgIpc) is 2.78. The number of hydrogen-bond donors (Lipinski definition) is 2. The Morgan fingerprint density at radius 3 is 2.83 bits per heavy atom. The second kappa shape index (κ2) is 11.4. The molecule has 2 N–H and O–H groups in total. The molecule has 1 saturated heterocycles. The van der Waals surface area contributed by atoms with E-state index in [1.54, 1.807) is 0 Å². The summed E-state index contributed by atoms with van der Waals surface area (Å²) in [6, 6.07) is 7.38. The predicted molar refractivity (Wildman–Crippen MR) is 115 cm³/mol. The molecule has 8 nitrogen and oxygen atoms in total. The molecule has 0 radical (unpaired) electrons. The van der Waals surface area contributed by atoms with E-state index >= 15 is 0 Å². The lowest BCUT2D eigenvalue weighted by Crippen LogP contribution is -2.37. The standard InChI is InChI=1S/C22H31N5O3/c1-2-15-30-18-8-6-7-17(16-18)21-24-22(29)19(25-26-21)9-10-20(28)23-11-14-27-12-4-3-5-13-27/h6-8,16H,2-5,9-15H2,1H3,(H,23,28)(H,24,26,29). The van der Waals surface area contributed by atoms with Crippen molar-refractivity contribution >= 4 is 5.91 Å². The number of aromatic amines is 1. The van der Waals surface area contributed by atoms with Crippen molar-refractivity contribution in [3.05, 3.63) is 40.3 Å². The summed E-state index contributed by atoms with van der Waals surface area (Å²) in [7, 11) is 0. The quantitative estimate of drug-likeness (QED) is 0.619. The SMILES string of the molecule is CCCOc1cccc(-c2nnc(CCC(=O)NCCN3CCCCC3)c(=O)[nH]2)c1. The first kappa shape index (κ1) is 22.0. The summed E-state index contributed by atoms with van der Waals surface area (Å²) in [4.78, 5) is 29.6. The predicted octanol–water partition coefficient (Wildman–Crippen LogP) is 2.16. The first-order valence-corrected chi connectivity index (χ1v) is 10.8. The van der Waals surface area contributed by atoms with Crippen LogP contribution >= 0.6 is 0 Å². The third-order valence-electron chi connectivity index (χ3n) is 5.13. The minimum Gasteiger partial charge on any atom is -0.494 e. The molecule has 162 valence electrons. The van der Waals surface area contributed by atoms with Crippen LogP contribution in [-0.2, 0) is 11.2 Å². The highest BCUT2D eigenvalue weighted by Gasteiger charge is 2.12. The van der Waals surface area contributed by atoms with Crippen molar-refractivity contribution in [3.8, 4) is 17.1 Å². The number of aromatic nitrogens is 3. The summed E-state index contributed by atoms with van der Waals surface area (Å²) in [5, 5.41) is 11.1. The van der Waals surface area contributed by atoms with E-state index in [2.05, 4.69) is 25.4 Å². The lowest BCUT2D eigenvalue weighted by molar-refractivity contribution is -0.121. The van der Waals surface area contributed by atoms with Gasteiger partial charge in [0.05, 0.1) is 6.61 Å². The second-order valence-corrected chi connectivity index (χ2v) is 7.58. The monoisotopic (exact) mass is 413 g/mol. The number of nitrogens with one attached hydrogen (secondary N) is 2. The van der Waals surface area contributed by atoms with Crippen molar-refractivity contribution in [2.24, 2.45) is 0 Å². The van der Waals surface area contributed by atoms with Crippen LogP contribution in [0, 0.1) is 0 Å². The second-order valence-electron chi connectivity index (χ2n) is 7.58. The van der Waals surface area contributed by atoms with Gasteiger partial charge in [-0.05, 0) is 44.5 Å². The number of likely N-dealkylation sites (tertiary alicyclic amines) is 1. The van der Waals surface area contributed by atoms with Crippen molar-refractivity contribution < 1.29 is 9.53 Å². The van der Waals surface area contributed by atoms with Crippen LogP contribution in [-0.4, -0.2) is 58.8 Å². The van der Waals surface area contributed by atoms with Crippen molar-refractivity contribution in [1.29, 1.82) is 0 Å². The fourth-order valence-corrected chi connectivity index (χ4v) is 3.46. The van der Waals surface area contributed by atoms with Crippen molar-refractivity contribution in [3.63, 3.8) is 0 Å². The Labute approximate surface area is 177 Å². The van der Waals surface area contributed by atoms with Crippen molar-refractivity contribution in [2.75, 3.05) is 32.8 Å². The van der Waals surface area contributed by atoms with Gasteiger partial charge in [0.25, 0.3) is 5.56 Å². The molecule has 0 atom stereocenters. The van der Waals surface area contributed by atoms with Crippen LogP contribution in [0.5, 0.6) is 5.75 Å². The van der Waals surface area contributed by atoms with Crippen LogP contribution in [0.3, 0.4) is 0 Å². The van der Waals surface area contributed by atoms with E-state index in [4.69, 9.17) is 4.74 Å². The number of rotatable bonds is 10. The third kappa shape index (κ3) is 6.66. The molecule has 0 aliphatic carbocycles. The van der Waals surface area contributed by atoms with Gasteiger partial charge in [-0.2, -0.15) is 0 Å². The summed E-state index contributed by atoms with van der Waals surface area (Å²) >= 11 is 0. The number of piperidine rings is 1. The number of H-pyrrole nitrogens is 1. The molecule has 1 aliphatic heterocycles. The fraction of sp³-hybridized carbons (Fsp3) is 0.545. The van der Waals surface area contributed by atoms with E-state index in [0.29, 0.717) is 19.0 Å². The molecule has 1 amide bonds. The Kier molecular flexibility index (Phi) is 8.38. The van der Waals surface area contributed by atoms with Crippen LogP contribution in [0.15, 0.2) is 29.1 Å². The lowest BCUT2D eigenvalue weighted by Gasteiger charge is -2.26. The molecule has 0 saturated carbocycles. The minimum atomic E-state index is -0.319. The van der Waals surface area contributed by atoms with Gasteiger partial charge in [-0.25, -0.2) is 0 Å². The molecule has 2 aromatic rings. The van der Waals surface area contributed by atoms with Gasteiger partial charge in [-0.1, -0.05) is 25.5 Å². The summed E-state index contributed by atoms with van der Waals surface area (Å²) in [5.41, 5.74) is 0.680. The Morgan fingerprint density at radius 2 is 2.07 bits per heavy atom. The Morgan fingerprint density at radius 1 is 1.23 bits per heavy atom. The van der Waals surface area contributed by atoms with Gasteiger partial charge < -0.3 is 19.9 Å². The highest BCUT2D eigenvalue weighted by Crippen LogP contribution is 2.20. The largest absolute Gasteiger partial charge is 0.494 e. The molecule has 30 heavy (non-hydrogen) atoms. The first-order valence-electron chi connectivity index (χ1n) is 10.8. The van der Waals surface area contributed by atoms with E-state index in [-0.39, 0.29) is 30.0 Å². The number of ether oxygens (including phenoxy) is 1. The summed E-state index contributed by atoms with van der Waals surface area (Å²) in [6.45, 7) is 6.41. The topological polar surface area (TPSA) is 100 Å². The minimum absolute atomic E-state index is 0.0712. The molecule has 3 rings (SSSR count). The molecule has 1 aromatic heterocycles. The van der Waals surface area contributed by atoms with Crippen LogP contribution in [0.4, 0.5) is 0 Å². The van der Waals surface area contributed by atoms with Crippen LogP contribution in [0.1, 0.15) is 44.7 Å². The molecule has 1 fully saturated rings. The molecule has 0 spiro atoms. The van der Waals surface area contributed by atoms with Gasteiger partial charge in [0.15, 0.2) is 5.82 Å². The lowest BCUT2D eigenvalue weighted by atomic mass is 10.1. The highest BCUT2D eigenvalue weighted by molar-refractivity contribution is 5.76. The van der Waals surface area contributed by atoms with E-state index in [9.17, 15) is 9.59 Å². The van der Waals surface area contributed by atoms with E-state index in [0.717, 1.165) is 37.4 Å². The number of aryl methyl sites for hydroxylation is 1. The van der Waals surface area contributed by atoms with Gasteiger partial charge in [-0.15, -0.1) is 10.2 Å². The first-order chi connectivity index (χ1) is 14.7. The number of hydrogen-bond acceptors (Lipinski definition) is 6. The molecular weight excluding hydrogens is 382 g/mol. The smallest absolute Gasteiger partial charge is 0.273 e. The molecule has 0 unspecified atom stereocenters. The maximum Gasteiger partial charge on any atom is 0.273 e. The molecule has 1 aromatic carbocycles. The zero-order valence-electron chi connectivity index (χ0n) is 17.7. The number of nitrogens with zero attached hydrogens (tertiary/aromatic N) is 3. The van der Waals surface area contributed by atoms with Crippen LogP contribution < -0.4 is 15.6 Å². The van der Waals surface area contributed by atoms with Crippen LogP contribution in [0.25, 0.3) is 11.4 Å². The zero-order chi connectivity index (χ0) is 21.2. The molecule has 0 bridgehead atoms. The molecule has 2 heterocycles. The Balaban J connectivity index is 1.49. The maximum absolute atomic E-state index is 12.4. The average molecular weight is 414 g/mol. The molecule has 8 heteroatoms. The Hall–Kier alpha value is -2.74. The summed E-state index contributed by atoms with van der Waals surface area (Å²) in [6.07, 6.45) is 5.18. The normalized spacial score (nSPS) is 14.4. The molecule has 1 aliphatic rings. The highest BCUT2D eigenvalue weighted by atomic mass is 16.5. The van der Waals surface area contributed by atoms with Crippen molar-refractivity contribution in [2.45, 2.75) is 45.4 Å². The van der Waals surface area contributed by atoms with Gasteiger partial charge in [0.2, 0.25) is 5.91 Å². The fourth-order valence-electron chi connectivity index (χ4n) is 3.46. The number of carbonyl (C=O) groups is 1. The van der Waals surface area contributed by atoms with E-state index in [1.165, 1.54) is 19.3 Å². The number of carbonyl (C=O) groups excluding carboxylic acids is 1. The Bertz CT molecular complexity index is 877. The van der Waals surface area contributed by atoms with Gasteiger partial charge in [0, 0.05) is 31.5 Å². The van der Waals surface area contributed by atoms with E-state index in [1.807, 2.05) is 31.2 Å². The molecular formula is C22H31N5O3. The van der Waals surface area contributed by atoms with Gasteiger partial charge in [0.1, 0.15) is 11.4 Å².